The lowest BCUT2D eigenvalue weighted by Crippen LogP contribution is -2.41. The number of hydrogen-bond donors (Lipinski definition) is 1. The molecule has 0 aliphatic carbocycles. The number of ether oxygens (including phenoxy) is 1. The molecule has 2 aromatic rings. The van der Waals surface area contributed by atoms with Crippen LogP contribution in [0.5, 0.6) is 5.75 Å². The summed E-state index contributed by atoms with van der Waals surface area (Å²) >= 11 is 0. The minimum Gasteiger partial charge on any atom is -0.423 e. The maximum absolute atomic E-state index is 13.6. The summed E-state index contributed by atoms with van der Waals surface area (Å²) in [6, 6.07) is 11.3. The van der Waals surface area contributed by atoms with Gasteiger partial charge in [-0.05, 0) is 36.8 Å². The lowest BCUT2D eigenvalue weighted by Gasteiger charge is -2.29. The zero-order valence-electron chi connectivity index (χ0n) is 12.5. The molecule has 5 nitrogen and oxygen atoms in total. The molecule has 0 saturated carbocycles. The number of nitrogens with one attached hydrogen (secondary N) is 1. The van der Waals surface area contributed by atoms with Crippen molar-refractivity contribution in [2.75, 3.05) is 23.3 Å². The number of para-hydroxylation sites is 1. The number of fused-ring (bicyclic) bond motifs is 1. The number of esters is 1. The first-order valence-corrected chi connectivity index (χ1v) is 7.13. The normalized spacial score (nSPS) is 13.3. The fourth-order valence-electron chi connectivity index (χ4n) is 2.42. The summed E-state index contributed by atoms with van der Waals surface area (Å²) in [5.41, 5.74) is 1.77. The summed E-state index contributed by atoms with van der Waals surface area (Å²) in [6.45, 7) is 1.81. The molecular formula is C17H15FN2O3. The second-order valence-corrected chi connectivity index (χ2v) is 5.33. The van der Waals surface area contributed by atoms with E-state index in [-0.39, 0.29) is 18.8 Å². The fourth-order valence-corrected chi connectivity index (χ4v) is 2.42. The summed E-state index contributed by atoms with van der Waals surface area (Å²) in [4.78, 5) is 25.4. The smallest absolute Gasteiger partial charge is 0.331 e. The average molecular weight is 314 g/mol. The number of amides is 1. The first-order valence-electron chi connectivity index (χ1n) is 7.13. The number of benzene rings is 2. The highest BCUT2D eigenvalue weighted by Gasteiger charge is 2.25. The van der Waals surface area contributed by atoms with Crippen LogP contribution in [0.2, 0.25) is 0 Å². The highest BCUT2D eigenvalue weighted by molar-refractivity contribution is 5.96. The van der Waals surface area contributed by atoms with Gasteiger partial charge in [-0.3, -0.25) is 4.79 Å². The number of hydrogen-bond acceptors (Lipinski definition) is 4. The van der Waals surface area contributed by atoms with Crippen LogP contribution in [0.15, 0.2) is 42.5 Å². The third-order valence-corrected chi connectivity index (χ3v) is 3.48. The van der Waals surface area contributed by atoms with Gasteiger partial charge in [0, 0.05) is 0 Å². The molecule has 1 N–H and O–H groups in total. The van der Waals surface area contributed by atoms with Gasteiger partial charge < -0.3 is 15.0 Å². The molecule has 0 unspecified atom stereocenters. The maximum Gasteiger partial charge on any atom is 0.331 e. The Morgan fingerprint density at radius 3 is 2.87 bits per heavy atom. The Bertz CT molecular complexity index is 776. The van der Waals surface area contributed by atoms with E-state index in [2.05, 4.69) is 5.32 Å². The van der Waals surface area contributed by atoms with Crippen LogP contribution < -0.4 is 15.0 Å². The van der Waals surface area contributed by atoms with Crippen molar-refractivity contribution in [3.63, 3.8) is 0 Å². The average Bonchev–Trinajstić information content (AvgIpc) is 2.50. The number of halogens is 1. The quantitative estimate of drug-likeness (QED) is 0.698. The predicted molar refractivity (Wildman–Crippen MR) is 84.1 cm³/mol. The number of rotatable bonds is 3. The van der Waals surface area contributed by atoms with E-state index >= 15 is 0 Å². The summed E-state index contributed by atoms with van der Waals surface area (Å²) in [6.07, 6.45) is 0. The van der Waals surface area contributed by atoms with Crippen LogP contribution in [0.1, 0.15) is 5.56 Å². The van der Waals surface area contributed by atoms with Crippen LogP contribution in [0.25, 0.3) is 0 Å². The molecule has 118 valence electrons. The first kappa shape index (κ1) is 15.0. The van der Waals surface area contributed by atoms with E-state index in [9.17, 15) is 14.0 Å². The first-order chi connectivity index (χ1) is 11.0. The van der Waals surface area contributed by atoms with Gasteiger partial charge >= 0.3 is 5.97 Å². The molecule has 1 aliphatic heterocycles. The summed E-state index contributed by atoms with van der Waals surface area (Å²) in [5, 5.41) is 2.51. The van der Waals surface area contributed by atoms with Crippen LogP contribution in [0.4, 0.5) is 15.8 Å². The largest absolute Gasteiger partial charge is 0.423 e. The molecular weight excluding hydrogens is 299 g/mol. The standard InChI is InChI=1S/C17H15FN2O3/c1-11-6-7-15-14(8-11)20(10-17(22)23-15)9-16(21)19-13-5-3-2-4-12(13)18/h2-8H,9-10H2,1H3,(H,19,21). The van der Waals surface area contributed by atoms with Gasteiger partial charge in [0.05, 0.1) is 17.9 Å². The van der Waals surface area contributed by atoms with E-state index in [1.807, 2.05) is 19.1 Å². The fraction of sp³-hybridized carbons (Fsp3) is 0.176. The summed E-state index contributed by atoms with van der Waals surface area (Å²) in [7, 11) is 0. The molecule has 0 spiro atoms. The molecule has 0 saturated heterocycles. The van der Waals surface area contributed by atoms with Crippen molar-refractivity contribution in [3.05, 3.63) is 53.8 Å². The summed E-state index contributed by atoms with van der Waals surface area (Å²) < 4.78 is 18.7. The van der Waals surface area contributed by atoms with Crippen LogP contribution in [-0.2, 0) is 9.59 Å². The van der Waals surface area contributed by atoms with Crippen molar-refractivity contribution in [3.8, 4) is 5.75 Å². The van der Waals surface area contributed by atoms with Crippen molar-refractivity contribution in [2.24, 2.45) is 0 Å². The van der Waals surface area contributed by atoms with Gasteiger partial charge in [0.1, 0.15) is 12.4 Å². The van der Waals surface area contributed by atoms with E-state index in [1.54, 1.807) is 23.1 Å². The number of carbonyl (C=O) groups excluding carboxylic acids is 2. The van der Waals surface area contributed by atoms with Gasteiger partial charge in [0.25, 0.3) is 0 Å². The van der Waals surface area contributed by atoms with Crippen LogP contribution in [-0.4, -0.2) is 25.0 Å². The van der Waals surface area contributed by atoms with Crippen LogP contribution >= 0.6 is 0 Å². The monoisotopic (exact) mass is 314 g/mol. The van der Waals surface area contributed by atoms with E-state index in [1.165, 1.54) is 12.1 Å². The Morgan fingerprint density at radius 1 is 1.30 bits per heavy atom. The van der Waals surface area contributed by atoms with Gasteiger partial charge in [-0.25, -0.2) is 9.18 Å². The molecule has 2 aromatic carbocycles. The molecule has 0 aromatic heterocycles. The van der Waals surface area contributed by atoms with Gasteiger partial charge in [0.2, 0.25) is 5.91 Å². The number of anilines is 2. The Morgan fingerprint density at radius 2 is 2.09 bits per heavy atom. The maximum atomic E-state index is 13.6. The Kier molecular flexibility index (Phi) is 3.97. The lowest BCUT2D eigenvalue weighted by atomic mass is 10.1. The van der Waals surface area contributed by atoms with Crippen molar-refractivity contribution in [1.82, 2.24) is 0 Å². The van der Waals surface area contributed by atoms with Crippen molar-refractivity contribution < 1.29 is 18.7 Å². The van der Waals surface area contributed by atoms with E-state index < -0.39 is 17.7 Å². The molecule has 23 heavy (non-hydrogen) atoms. The molecule has 0 bridgehead atoms. The topological polar surface area (TPSA) is 58.6 Å². The number of aryl methyl sites for hydroxylation is 1. The van der Waals surface area contributed by atoms with Crippen molar-refractivity contribution in [1.29, 1.82) is 0 Å². The van der Waals surface area contributed by atoms with Gasteiger partial charge in [-0.1, -0.05) is 18.2 Å². The van der Waals surface area contributed by atoms with Crippen molar-refractivity contribution >= 4 is 23.3 Å². The minimum atomic E-state index is -0.504. The Labute approximate surface area is 132 Å². The summed E-state index contributed by atoms with van der Waals surface area (Å²) in [5.74, 6) is -0.919. The zero-order chi connectivity index (χ0) is 16.4. The molecule has 0 radical (unpaired) electrons. The predicted octanol–water partition coefficient (Wildman–Crippen LogP) is 2.50. The second kappa shape index (κ2) is 6.08. The number of carbonyl (C=O) groups is 2. The van der Waals surface area contributed by atoms with Crippen LogP contribution in [0.3, 0.4) is 0 Å². The van der Waals surface area contributed by atoms with Gasteiger partial charge in [-0.15, -0.1) is 0 Å². The number of nitrogens with zero attached hydrogens (tertiary/aromatic N) is 1. The highest BCUT2D eigenvalue weighted by Crippen LogP contribution is 2.32. The van der Waals surface area contributed by atoms with Crippen LogP contribution in [0, 0.1) is 12.7 Å². The lowest BCUT2D eigenvalue weighted by molar-refractivity contribution is -0.133. The SMILES string of the molecule is Cc1ccc2c(c1)N(CC(=O)Nc1ccccc1F)CC(=O)O2. The molecule has 1 heterocycles. The minimum absolute atomic E-state index is 0.0266. The van der Waals surface area contributed by atoms with E-state index in [4.69, 9.17) is 4.74 Å². The third-order valence-electron chi connectivity index (χ3n) is 3.48. The molecule has 3 rings (SSSR count). The third kappa shape index (κ3) is 3.31. The molecule has 1 aliphatic rings. The highest BCUT2D eigenvalue weighted by atomic mass is 19.1. The molecule has 0 atom stereocenters. The van der Waals surface area contributed by atoms with Crippen molar-refractivity contribution in [2.45, 2.75) is 6.92 Å². The zero-order valence-corrected chi connectivity index (χ0v) is 12.5. The van der Waals surface area contributed by atoms with Gasteiger partial charge in [0.15, 0.2) is 5.75 Å². The molecule has 6 heteroatoms. The van der Waals surface area contributed by atoms with Gasteiger partial charge in [-0.2, -0.15) is 0 Å². The van der Waals surface area contributed by atoms with E-state index in [0.29, 0.717) is 11.4 Å². The molecule has 1 amide bonds. The Hall–Kier alpha value is -2.89. The van der Waals surface area contributed by atoms with E-state index in [0.717, 1.165) is 5.56 Å². The molecule has 0 fully saturated rings. The Balaban J connectivity index is 1.78. The second-order valence-electron chi connectivity index (χ2n) is 5.33.